The molecule has 1 fully saturated rings. The summed E-state index contributed by atoms with van der Waals surface area (Å²) in [5.41, 5.74) is 1.16. The highest BCUT2D eigenvalue weighted by Gasteiger charge is 2.31. The molecule has 1 aromatic rings. The number of hydrogen-bond donors (Lipinski definition) is 0. The third-order valence-electron chi connectivity index (χ3n) is 3.08. The molecule has 0 bridgehead atoms. The fraction of sp³-hybridized carbons (Fsp3) is 0.462. The van der Waals surface area contributed by atoms with Gasteiger partial charge in [-0.1, -0.05) is 30.3 Å². The summed E-state index contributed by atoms with van der Waals surface area (Å²) in [4.78, 5) is 15.0. The van der Waals surface area contributed by atoms with Gasteiger partial charge in [0, 0.05) is 20.6 Å². The zero-order chi connectivity index (χ0) is 12.3. The van der Waals surface area contributed by atoms with E-state index in [4.69, 9.17) is 4.74 Å². The van der Waals surface area contributed by atoms with Crippen molar-refractivity contribution in [3.63, 3.8) is 0 Å². The Balaban J connectivity index is 1.78. The minimum Gasteiger partial charge on any atom is -0.375 e. The minimum absolute atomic E-state index is 0.0679. The lowest BCUT2D eigenvalue weighted by Crippen LogP contribution is -2.33. The van der Waals surface area contributed by atoms with E-state index in [0.29, 0.717) is 13.2 Å². The maximum atomic E-state index is 11.5. The Hall–Kier alpha value is -1.55. The molecule has 1 aromatic carbocycles. The molecule has 2 rings (SSSR count). The fourth-order valence-corrected chi connectivity index (χ4v) is 1.99. The van der Waals surface area contributed by atoms with Crippen LogP contribution in [0.15, 0.2) is 30.3 Å². The van der Waals surface area contributed by atoms with Gasteiger partial charge in [-0.25, -0.2) is 4.79 Å². The SMILES string of the molecule is CN1C[C@H](COCc2ccccc2)N(C)C1=O. The number of hydrogen-bond acceptors (Lipinski definition) is 2. The van der Waals surface area contributed by atoms with E-state index in [0.717, 1.165) is 12.1 Å². The molecule has 92 valence electrons. The molecule has 0 radical (unpaired) electrons. The van der Waals surface area contributed by atoms with Crippen molar-refractivity contribution in [2.45, 2.75) is 12.6 Å². The Labute approximate surface area is 102 Å². The Kier molecular flexibility index (Phi) is 3.64. The van der Waals surface area contributed by atoms with Gasteiger partial charge in [0.1, 0.15) is 0 Å². The first-order valence-corrected chi connectivity index (χ1v) is 5.78. The van der Waals surface area contributed by atoms with Crippen LogP contribution >= 0.6 is 0 Å². The number of carbonyl (C=O) groups is 1. The van der Waals surface area contributed by atoms with Gasteiger partial charge in [-0.3, -0.25) is 0 Å². The summed E-state index contributed by atoms with van der Waals surface area (Å²) in [6, 6.07) is 10.3. The standard InChI is InChI=1S/C13H18N2O2/c1-14-8-12(15(2)13(14)16)10-17-9-11-6-4-3-5-7-11/h3-7,12H,8-10H2,1-2H3/t12-/m1/s1. The number of likely N-dealkylation sites (N-methyl/N-ethyl adjacent to an activating group) is 2. The van der Waals surface area contributed by atoms with Crippen LogP contribution in [0.3, 0.4) is 0 Å². The van der Waals surface area contributed by atoms with E-state index in [9.17, 15) is 4.79 Å². The smallest absolute Gasteiger partial charge is 0.319 e. The molecule has 1 aliphatic heterocycles. The van der Waals surface area contributed by atoms with Gasteiger partial charge < -0.3 is 14.5 Å². The Morgan fingerprint density at radius 3 is 2.59 bits per heavy atom. The molecular weight excluding hydrogens is 216 g/mol. The second kappa shape index (κ2) is 5.19. The third-order valence-corrected chi connectivity index (χ3v) is 3.08. The molecule has 1 atom stereocenters. The van der Waals surface area contributed by atoms with Gasteiger partial charge in [0.2, 0.25) is 0 Å². The topological polar surface area (TPSA) is 32.8 Å². The Morgan fingerprint density at radius 2 is 2.00 bits per heavy atom. The van der Waals surface area contributed by atoms with Gasteiger partial charge >= 0.3 is 6.03 Å². The number of amides is 2. The van der Waals surface area contributed by atoms with Crippen LogP contribution < -0.4 is 0 Å². The lowest BCUT2D eigenvalue weighted by molar-refractivity contribution is 0.0825. The summed E-state index contributed by atoms with van der Waals surface area (Å²) in [6.07, 6.45) is 0. The second-order valence-electron chi connectivity index (χ2n) is 4.43. The molecule has 0 N–H and O–H groups in total. The molecule has 0 aromatic heterocycles. The number of benzene rings is 1. The number of carbonyl (C=O) groups excluding carboxylic acids is 1. The van der Waals surface area contributed by atoms with Crippen LogP contribution in [0.25, 0.3) is 0 Å². The van der Waals surface area contributed by atoms with Gasteiger partial charge in [0.25, 0.3) is 0 Å². The largest absolute Gasteiger partial charge is 0.375 e. The van der Waals surface area contributed by atoms with Crippen molar-refractivity contribution in [2.75, 3.05) is 27.2 Å². The van der Waals surface area contributed by atoms with Gasteiger partial charge in [-0.2, -0.15) is 0 Å². The predicted molar refractivity (Wildman–Crippen MR) is 65.7 cm³/mol. The molecule has 1 aliphatic rings. The quantitative estimate of drug-likeness (QED) is 0.792. The first-order valence-electron chi connectivity index (χ1n) is 5.78. The summed E-state index contributed by atoms with van der Waals surface area (Å²) in [7, 11) is 3.64. The molecule has 0 unspecified atom stereocenters. The van der Waals surface area contributed by atoms with Crippen molar-refractivity contribution in [2.24, 2.45) is 0 Å². The lowest BCUT2D eigenvalue weighted by atomic mass is 10.2. The summed E-state index contributed by atoms with van der Waals surface area (Å²) >= 11 is 0. The van der Waals surface area contributed by atoms with Crippen molar-refractivity contribution < 1.29 is 9.53 Å². The average molecular weight is 234 g/mol. The first-order chi connectivity index (χ1) is 8.18. The zero-order valence-corrected chi connectivity index (χ0v) is 10.3. The highest BCUT2D eigenvalue weighted by Crippen LogP contribution is 2.12. The van der Waals surface area contributed by atoms with Crippen molar-refractivity contribution in [3.8, 4) is 0 Å². The van der Waals surface area contributed by atoms with E-state index < -0.39 is 0 Å². The van der Waals surface area contributed by atoms with Crippen LogP contribution in [-0.2, 0) is 11.3 Å². The Morgan fingerprint density at radius 1 is 1.29 bits per heavy atom. The minimum atomic E-state index is 0.0679. The summed E-state index contributed by atoms with van der Waals surface area (Å²) in [5.74, 6) is 0. The number of urea groups is 1. The van der Waals surface area contributed by atoms with Crippen molar-refractivity contribution in [1.82, 2.24) is 9.80 Å². The third kappa shape index (κ3) is 2.77. The number of nitrogens with zero attached hydrogens (tertiary/aromatic N) is 2. The van der Waals surface area contributed by atoms with Crippen molar-refractivity contribution in [1.29, 1.82) is 0 Å². The van der Waals surface area contributed by atoms with Crippen LogP contribution in [0.5, 0.6) is 0 Å². The van der Waals surface area contributed by atoms with E-state index in [1.54, 1.807) is 9.80 Å². The molecule has 17 heavy (non-hydrogen) atoms. The molecule has 0 aliphatic carbocycles. The predicted octanol–water partition coefficient (Wildman–Crippen LogP) is 1.57. The zero-order valence-electron chi connectivity index (χ0n) is 10.3. The van der Waals surface area contributed by atoms with Crippen molar-refractivity contribution >= 4 is 6.03 Å². The summed E-state index contributed by atoms with van der Waals surface area (Å²) in [6.45, 7) is 1.93. The van der Waals surface area contributed by atoms with Crippen LogP contribution in [0.4, 0.5) is 4.79 Å². The molecule has 1 heterocycles. The van der Waals surface area contributed by atoms with Gasteiger partial charge in [-0.15, -0.1) is 0 Å². The maximum Gasteiger partial charge on any atom is 0.319 e. The Bertz CT molecular complexity index is 380. The number of rotatable bonds is 4. The normalized spacial score (nSPS) is 20.1. The molecule has 0 saturated carbocycles. The van der Waals surface area contributed by atoms with Crippen LogP contribution in [0, 0.1) is 0 Å². The van der Waals surface area contributed by atoms with E-state index >= 15 is 0 Å². The highest BCUT2D eigenvalue weighted by atomic mass is 16.5. The van der Waals surface area contributed by atoms with Crippen LogP contribution in [-0.4, -0.2) is 49.1 Å². The van der Waals surface area contributed by atoms with E-state index in [1.165, 1.54) is 0 Å². The van der Waals surface area contributed by atoms with Crippen LogP contribution in [0.1, 0.15) is 5.56 Å². The lowest BCUT2D eigenvalue weighted by Gasteiger charge is -2.17. The molecule has 4 heteroatoms. The highest BCUT2D eigenvalue weighted by molar-refractivity contribution is 5.76. The maximum absolute atomic E-state index is 11.5. The molecule has 4 nitrogen and oxygen atoms in total. The van der Waals surface area contributed by atoms with Gasteiger partial charge in [0.15, 0.2) is 0 Å². The van der Waals surface area contributed by atoms with E-state index in [1.807, 2.05) is 44.4 Å². The van der Waals surface area contributed by atoms with Crippen molar-refractivity contribution in [3.05, 3.63) is 35.9 Å². The number of ether oxygens (including phenoxy) is 1. The summed E-state index contributed by atoms with van der Waals surface area (Å²) in [5, 5.41) is 0. The molecular formula is C13H18N2O2. The summed E-state index contributed by atoms with van der Waals surface area (Å²) < 4.78 is 5.65. The molecule has 1 saturated heterocycles. The monoisotopic (exact) mass is 234 g/mol. The fourth-order valence-electron chi connectivity index (χ4n) is 1.99. The van der Waals surface area contributed by atoms with E-state index in [-0.39, 0.29) is 12.1 Å². The van der Waals surface area contributed by atoms with Gasteiger partial charge in [0.05, 0.1) is 19.3 Å². The average Bonchev–Trinajstić information content (AvgIpc) is 2.59. The first kappa shape index (κ1) is 11.9. The van der Waals surface area contributed by atoms with Crippen LogP contribution in [0.2, 0.25) is 0 Å². The van der Waals surface area contributed by atoms with Gasteiger partial charge in [-0.05, 0) is 5.56 Å². The molecule has 2 amide bonds. The second-order valence-corrected chi connectivity index (χ2v) is 4.43. The molecule has 0 spiro atoms. The van der Waals surface area contributed by atoms with E-state index in [2.05, 4.69) is 0 Å².